The molecule has 6 aromatic carbocycles. The molecule has 0 atom stereocenters. The average molecular weight is 547 g/mol. The largest absolute Gasteiger partial charge is 0.308 e. The number of para-hydroxylation sites is 1. The van der Waals surface area contributed by atoms with Crippen molar-refractivity contribution >= 4 is 21.8 Å². The van der Waals surface area contributed by atoms with E-state index >= 15 is 0 Å². The van der Waals surface area contributed by atoms with Crippen molar-refractivity contribution in [1.82, 2.24) is 9.55 Å². The molecule has 0 unspecified atom stereocenters. The predicted molar refractivity (Wildman–Crippen MR) is 179 cm³/mol. The van der Waals surface area contributed by atoms with Gasteiger partial charge in [-0.1, -0.05) is 121 Å². The van der Waals surface area contributed by atoms with Crippen molar-refractivity contribution in [3.05, 3.63) is 158 Å². The standard InChI is InChI=1S/C41H26N2/c1-2-14-31-30(13-1)32-15-3-4-16-34(32)38-21-10-20-29(41(38)37-19-6-5-17-33(31)37)27-11-9-12-28(25-27)43-39-22-8-7-18-35(39)36-23-24-42-26-40(36)43/h1-26H. The van der Waals surface area contributed by atoms with Crippen LogP contribution in [-0.2, 0) is 0 Å². The molecule has 2 heterocycles. The molecule has 1 aliphatic carbocycles. The summed E-state index contributed by atoms with van der Waals surface area (Å²) in [7, 11) is 0. The van der Waals surface area contributed by atoms with Crippen LogP contribution in [-0.4, -0.2) is 9.55 Å². The zero-order chi connectivity index (χ0) is 28.3. The Morgan fingerprint density at radius 1 is 0.395 bits per heavy atom. The SMILES string of the molecule is c1cc(-c2cccc3c2-c2ccccc2-c2ccccc2-c2ccccc2-3)cc(-n2c3ccccc3c3ccncc32)c1. The van der Waals surface area contributed by atoms with Crippen molar-refractivity contribution in [2.24, 2.45) is 0 Å². The van der Waals surface area contributed by atoms with Gasteiger partial charge in [-0.05, 0) is 79.9 Å². The first-order chi connectivity index (χ1) is 21.4. The van der Waals surface area contributed by atoms with Crippen molar-refractivity contribution in [2.75, 3.05) is 0 Å². The van der Waals surface area contributed by atoms with Gasteiger partial charge in [0.2, 0.25) is 0 Å². The van der Waals surface area contributed by atoms with Crippen molar-refractivity contribution in [3.8, 4) is 61.3 Å². The summed E-state index contributed by atoms with van der Waals surface area (Å²) in [4.78, 5) is 4.50. The van der Waals surface area contributed by atoms with Crippen molar-refractivity contribution in [1.29, 1.82) is 0 Å². The van der Waals surface area contributed by atoms with Gasteiger partial charge in [0.15, 0.2) is 0 Å². The van der Waals surface area contributed by atoms with Crippen LogP contribution in [0.2, 0.25) is 0 Å². The van der Waals surface area contributed by atoms with E-state index in [1.807, 2.05) is 12.4 Å². The molecule has 9 rings (SSSR count). The average Bonchev–Trinajstić information content (AvgIpc) is 3.42. The first-order valence-electron chi connectivity index (χ1n) is 14.7. The van der Waals surface area contributed by atoms with Gasteiger partial charge >= 0.3 is 0 Å². The molecule has 0 spiro atoms. The topological polar surface area (TPSA) is 17.8 Å². The molecule has 1 aliphatic rings. The highest BCUT2D eigenvalue weighted by Crippen LogP contribution is 2.50. The number of fused-ring (bicyclic) bond motifs is 11. The summed E-state index contributed by atoms with van der Waals surface area (Å²) in [5.41, 5.74) is 15.9. The first-order valence-corrected chi connectivity index (χ1v) is 14.7. The lowest BCUT2D eigenvalue weighted by Crippen LogP contribution is -1.99. The molecular weight excluding hydrogens is 520 g/mol. The number of hydrogen-bond acceptors (Lipinski definition) is 1. The van der Waals surface area contributed by atoms with E-state index in [1.165, 1.54) is 71.9 Å². The number of rotatable bonds is 2. The van der Waals surface area contributed by atoms with Crippen molar-refractivity contribution in [3.63, 3.8) is 0 Å². The van der Waals surface area contributed by atoms with Crippen LogP contribution >= 0.6 is 0 Å². The van der Waals surface area contributed by atoms with E-state index in [4.69, 9.17) is 0 Å². The maximum atomic E-state index is 4.50. The third-order valence-corrected chi connectivity index (χ3v) is 8.88. The van der Waals surface area contributed by atoms with E-state index in [2.05, 4.69) is 155 Å². The fraction of sp³-hybridized carbons (Fsp3) is 0. The smallest absolute Gasteiger partial charge is 0.0724 e. The Bertz CT molecular complexity index is 2300. The monoisotopic (exact) mass is 546 g/mol. The molecule has 0 bridgehead atoms. The Morgan fingerprint density at radius 3 is 1.67 bits per heavy atom. The van der Waals surface area contributed by atoms with E-state index < -0.39 is 0 Å². The molecule has 2 aromatic heterocycles. The minimum Gasteiger partial charge on any atom is -0.308 e. The maximum Gasteiger partial charge on any atom is 0.0724 e. The Morgan fingerprint density at radius 2 is 0.930 bits per heavy atom. The third-order valence-electron chi connectivity index (χ3n) is 8.88. The molecule has 8 aromatic rings. The van der Waals surface area contributed by atoms with Gasteiger partial charge in [-0.2, -0.15) is 0 Å². The predicted octanol–water partition coefficient (Wildman–Crippen LogP) is 10.8. The second kappa shape index (κ2) is 9.40. The van der Waals surface area contributed by atoms with Crippen LogP contribution in [0.15, 0.2) is 158 Å². The van der Waals surface area contributed by atoms with Gasteiger partial charge in [0.05, 0.1) is 17.2 Å². The second-order valence-electron chi connectivity index (χ2n) is 11.2. The van der Waals surface area contributed by atoms with Gasteiger partial charge in [-0.15, -0.1) is 0 Å². The van der Waals surface area contributed by atoms with E-state index in [9.17, 15) is 0 Å². The van der Waals surface area contributed by atoms with E-state index in [0.29, 0.717) is 0 Å². The Labute approximate surface area is 250 Å². The fourth-order valence-electron chi connectivity index (χ4n) is 7.06. The number of benzene rings is 6. The molecule has 0 radical (unpaired) electrons. The van der Waals surface area contributed by atoms with Gasteiger partial charge in [-0.25, -0.2) is 0 Å². The molecule has 2 nitrogen and oxygen atoms in total. The van der Waals surface area contributed by atoms with Crippen LogP contribution in [0.4, 0.5) is 0 Å². The van der Waals surface area contributed by atoms with Crippen LogP contribution in [0.1, 0.15) is 0 Å². The van der Waals surface area contributed by atoms with Crippen LogP contribution in [0.5, 0.6) is 0 Å². The second-order valence-corrected chi connectivity index (χ2v) is 11.2. The summed E-state index contributed by atoms with van der Waals surface area (Å²) in [5.74, 6) is 0. The molecular formula is C41H26N2. The molecule has 0 aliphatic heterocycles. The summed E-state index contributed by atoms with van der Waals surface area (Å²) in [6, 6.07) is 53.0. The molecule has 0 N–H and O–H groups in total. The number of hydrogen-bond donors (Lipinski definition) is 0. The van der Waals surface area contributed by atoms with E-state index in [1.54, 1.807) is 0 Å². The highest BCUT2D eigenvalue weighted by Gasteiger charge is 2.24. The lowest BCUT2D eigenvalue weighted by atomic mass is 9.78. The molecule has 200 valence electrons. The molecule has 0 saturated carbocycles. The van der Waals surface area contributed by atoms with Crippen LogP contribution in [0, 0.1) is 0 Å². The zero-order valence-corrected chi connectivity index (χ0v) is 23.4. The number of nitrogens with zero attached hydrogens (tertiary/aromatic N) is 2. The molecule has 0 saturated heterocycles. The molecule has 43 heavy (non-hydrogen) atoms. The van der Waals surface area contributed by atoms with Crippen molar-refractivity contribution < 1.29 is 0 Å². The van der Waals surface area contributed by atoms with Gasteiger partial charge in [0.1, 0.15) is 0 Å². The minimum absolute atomic E-state index is 1.11. The summed E-state index contributed by atoms with van der Waals surface area (Å²) in [6.45, 7) is 0. The minimum atomic E-state index is 1.11. The Balaban J connectivity index is 1.34. The van der Waals surface area contributed by atoms with Crippen molar-refractivity contribution in [2.45, 2.75) is 0 Å². The third kappa shape index (κ3) is 3.57. The lowest BCUT2D eigenvalue weighted by Gasteiger charge is -2.25. The maximum absolute atomic E-state index is 4.50. The molecule has 0 amide bonds. The molecule has 0 fully saturated rings. The zero-order valence-electron chi connectivity index (χ0n) is 23.4. The van der Waals surface area contributed by atoms with E-state index in [-0.39, 0.29) is 0 Å². The first kappa shape index (κ1) is 23.9. The summed E-state index contributed by atoms with van der Waals surface area (Å²) in [5, 5.41) is 2.45. The lowest BCUT2D eigenvalue weighted by molar-refractivity contribution is 1.17. The summed E-state index contributed by atoms with van der Waals surface area (Å²) < 4.78 is 2.34. The Kier molecular flexibility index (Phi) is 5.23. The Hall–Kier alpha value is -5.73. The highest BCUT2D eigenvalue weighted by molar-refractivity contribution is 6.09. The number of aromatic nitrogens is 2. The quantitative estimate of drug-likeness (QED) is 0.211. The fourth-order valence-corrected chi connectivity index (χ4v) is 7.06. The number of pyridine rings is 1. The van der Waals surface area contributed by atoms with Crippen LogP contribution in [0.25, 0.3) is 83.1 Å². The molecule has 2 heteroatoms. The van der Waals surface area contributed by atoms with Gasteiger partial charge < -0.3 is 4.57 Å². The van der Waals surface area contributed by atoms with Gasteiger partial charge in [-0.3, -0.25) is 4.98 Å². The van der Waals surface area contributed by atoms with Crippen LogP contribution < -0.4 is 0 Å². The summed E-state index contributed by atoms with van der Waals surface area (Å²) >= 11 is 0. The normalized spacial score (nSPS) is 11.7. The van der Waals surface area contributed by atoms with E-state index in [0.717, 1.165) is 11.2 Å². The van der Waals surface area contributed by atoms with Gasteiger partial charge in [0.25, 0.3) is 0 Å². The van der Waals surface area contributed by atoms with Crippen LogP contribution in [0.3, 0.4) is 0 Å². The van der Waals surface area contributed by atoms with Gasteiger partial charge in [0, 0.05) is 22.7 Å². The summed E-state index contributed by atoms with van der Waals surface area (Å²) in [6.07, 6.45) is 3.86. The highest BCUT2D eigenvalue weighted by atomic mass is 15.0.